The Balaban J connectivity index is 1.67. The molecule has 1 heterocycles. The summed E-state index contributed by atoms with van der Waals surface area (Å²) >= 11 is 0. The van der Waals surface area contributed by atoms with E-state index in [9.17, 15) is 14.9 Å². The lowest BCUT2D eigenvalue weighted by Gasteiger charge is -2.09. The zero-order valence-corrected chi connectivity index (χ0v) is 13.5. The van der Waals surface area contributed by atoms with E-state index in [1.165, 1.54) is 24.3 Å². The molecule has 3 aromatic rings. The number of fused-ring (bicyclic) bond motifs is 1. The van der Waals surface area contributed by atoms with Crippen LogP contribution in [0, 0.1) is 10.1 Å². The van der Waals surface area contributed by atoms with Crippen molar-refractivity contribution < 1.29 is 14.1 Å². The SMILES string of the molecule is C[C@H](NC(=O)/C=C/c1cccc([N+](=O)[O-])c1)c1cc2ccccc2o1. The van der Waals surface area contributed by atoms with Crippen molar-refractivity contribution in [3.63, 3.8) is 0 Å². The number of nitrogens with one attached hydrogen (secondary N) is 1. The lowest BCUT2D eigenvalue weighted by Crippen LogP contribution is -2.24. The van der Waals surface area contributed by atoms with Crippen LogP contribution < -0.4 is 5.32 Å². The summed E-state index contributed by atoms with van der Waals surface area (Å²) in [6.07, 6.45) is 2.88. The Labute approximate surface area is 143 Å². The maximum absolute atomic E-state index is 12.1. The number of rotatable bonds is 5. The number of benzene rings is 2. The predicted molar refractivity (Wildman–Crippen MR) is 94.9 cm³/mol. The first-order valence-electron chi connectivity index (χ1n) is 7.74. The van der Waals surface area contributed by atoms with Gasteiger partial charge >= 0.3 is 0 Å². The van der Waals surface area contributed by atoms with E-state index in [0.29, 0.717) is 11.3 Å². The molecule has 0 saturated heterocycles. The Morgan fingerprint density at radius 3 is 2.76 bits per heavy atom. The van der Waals surface area contributed by atoms with Crippen LogP contribution in [0.5, 0.6) is 0 Å². The van der Waals surface area contributed by atoms with Gasteiger partial charge in [-0.2, -0.15) is 0 Å². The molecule has 0 fully saturated rings. The van der Waals surface area contributed by atoms with Gasteiger partial charge in [-0.25, -0.2) is 0 Å². The van der Waals surface area contributed by atoms with Gasteiger partial charge < -0.3 is 9.73 Å². The smallest absolute Gasteiger partial charge is 0.270 e. The minimum atomic E-state index is -0.471. The summed E-state index contributed by atoms with van der Waals surface area (Å²) in [5.74, 6) is 0.359. The van der Waals surface area contributed by atoms with Crippen LogP contribution in [0.4, 0.5) is 5.69 Å². The molecule has 1 amide bonds. The Kier molecular flexibility index (Phi) is 4.61. The highest BCUT2D eigenvalue weighted by Crippen LogP contribution is 2.23. The van der Waals surface area contributed by atoms with Crippen molar-refractivity contribution in [3.8, 4) is 0 Å². The van der Waals surface area contributed by atoms with E-state index in [2.05, 4.69) is 5.32 Å². The number of nitro benzene ring substituents is 1. The maximum Gasteiger partial charge on any atom is 0.270 e. The highest BCUT2D eigenvalue weighted by atomic mass is 16.6. The third-order valence-corrected chi connectivity index (χ3v) is 3.74. The summed E-state index contributed by atoms with van der Waals surface area (Å²) in [6, 6.07) is 15.3. The van der Waals surface area contributed by atoms with E-state index in [1.54, 1.807) is 12.1 Å². The monoisotopic (exact) mass is 336 g/mol. The summed E-state index contributed by atoms with van der Waals surface area (Å²) in [7, 11) is 0. The summed E-state index contributed by atoms with van der Waals surface area (Å²) < 4.78 is 5.72. The van der Waals surface area contributed by atoms with E-state index in [1.807, 2.05) is 37.3 Å². The van der Waals surface area contributed by atoms with Gasteiger partial charge in [0.1, 0.15) is 11.3 Å². The number of carbonyl (C=O) groups is 1. The van der Waals surface area contributed by atoms with E-state index < -0.39 is 4.92 Å². The molecule has 1 atom stereocenters. The fraction of sp³-hybridized carbons (Fsp3) is 0.105. The van der Waals surface area contributed by atoms with Gasteiger partial charge in [-0.15, -0.1) is 0 Å². The van der Waals surface area contributed by atoms with Crippen molar-refractivity contribution in [2.45, 2.75) is 13.0 Å². The zero-order chi connectivity index (χ0) is 17.8. The van der Waals surface area contributed by atoms with Crippen LogP contribution in [-0.4, -0.2) is 10.8 Å². The second kappa shape index (κ2) is 7.00. The van der Waals surface area contributed by atoms with Gasteiger partial charge in [0, 0.05) is 23.6 Å². The Hall–Kier alpha value is -3.41. The molecule has 0 spiro atoms. The van der Waals surface area contributed by atoms with Crippen molar-refractivity contribution in [1.82, 2.24) is 5.32 Å². The fourth-order valence-electron chi connectivity index (χ4n) is 2.46. The standard InChI is InChI=1S/C19H16N2O4/c1-13(18-12-15-6-2-3-8-17(15)25-18)20-19(22)10-9-14-5-4-7-16(11-14)21(23)24/h2-13H,1H3,(H,20,22)/b10-9+/t13-/m0/s1. The molecule has 0 aliphatic heterocycles. The molecular weight excluding hydrogens is 320 g/mol. The molecular formula is C19H16N2O4. The van der Waals surface area contributed by atoms with Crippen molar-refractivity contribution in [1.29, 1.82) is 0 Å². The minimum Gasteiger partial charge on any atom is -0.459 e. The quantitative estimate of drug-likeness (QED) is 0.429. The van der Waals surface area contributed by atoms with Crippen LogP contribution in [-0.2, 0) is 4.79 Å². The second-order valence-electron chi connectivity index (χ2n) is 5.60. The summed E-state index contributed by atoms with van der Waals surface area (Å²) in [6.45, 7) is 1.83. The molecule has 0 radical (unpaired) electrons. The molecule has 25 heavy (non-hydrogen) atoms. The second-order valence-corrected chi connectivity index (χ2v) is 5.60. The predicted octanol–water partition coefficient (Wildman–Crippen LogP) is 4.23. The highest BCUT2D eigenvalue weighted by molar-refractivity contribution is 5.92. The Morgan fingerprint density at radius 1 is 1.20 bits per heavy atom. The Morgan fingerprint density at radius 2 is 2.00 bits per heavy atom. The molecule has 6 heteroatoms. The maximum atomic E-state index is 12.1. The lowest BCUT2D eigenvalue weighted by molar-refractivity contribution is -0.384. The van der Waals surface area contributed by atoms with Crippen LogP contribution in [0.2, 0.25) is 0 Å². The molecule has 0 saturated carbocycles. The fourth-order valence-corrected chi connectivity index (χ4v) is 2.46. The first kappa shape index (κ1) is 16.4. The van der Waals surface area contributed by atoms with Crippen molar-refractivity contribution >= 4 is 28.6 Å². The first-order valence-corrected chi connectivity index (χ1v) is 7.74. The van der Waals surface area contributed by atoms with Gasteiger partial charge in [-0.1, -0.05) is 30.3 Å². The summed E-state index contributed by atoms with van der Waals surface area (Å²) in [5.41, 5.74) is 1.34. The number of furan rings is 1. The molecule has 6 nitrogen and oxygen atoms in total. The van der Waals surface area contributed by atoms with Gasteiger partial charge in [0.05, 0.1) is 11.0 Å². The lowest BCUT2D eigenvalue weighted by atomic mass is 10.2. The summed E-state index contributed by atoms with van der Waals surface area (Å²) in [5, 5.41) is 14.5. The average Bonchev–Trinajstić information content (AvgIpc) is 3.04. The Bertz CT molecular complexity index is 926. The van der Waals surface area contributed by atoms with Crippen LogP contribution in [0.3, 0.4) is 0 Å². The van der Waals surface area contributed by atoms with Crippen molar-refractivity contribution in [2.24, 2.45) is 0 Å². The summed E-state index contributed by atoms with van der Waals surface area (Å²) in [4.78, 5) is 22.3. The number of carbonyl (C=O) groups excluding carboxylic acids is 1. The van der Waals surface area contributed by atoms with Gasteiger partial charge in [0.2, 0.25) is 5.91 Å². The van der Waals surface area contributed by atoms with Crippen LogP contribution >= 0.6 is 0 Å². The molecule has 1 aromatic heterocycles. The van der Waals surface area contributed by atoms with E-state index in [-0.39, 0.29) is 17.6 Å². The molecule has 0 aliphatic carbocycles. The topological polar surface area (TPSA) is 85.4 Å². The number of hydrogen-bond acceptors (Lipinski definition) is 4. The third kappa shape index (κ3) is 3.92. The molecule has 0 unspecified atom stereocenters. The minimum absolute atomic E-state index is 0.0156. The van der Waals surface area contributed by atoms with E-state index in [0.717, 1.165) is 11.0 Å². The first-order chi connectivity index (χ1) is 12.0. The molecule has 2 aromatic carbocycles. The van der Waals surface area contributed by atoms with E-state index in [4.69, 9.17) is 4.42 Å². The van der Waals surface area contributed by atoms with Gasteiger partial charge in [-0.05, 0) is 30.7 Å². The number of hydrogen-bond donors (Lipinski definition) is 1. The largest absolute Gasteiger partial charge is 0.459 e. The van der Waals surface area contributed by atoms with Crippen LogP contribution in [0.15, 0.2) is 65.1 Å². The van der Waals surface area contributed by atoms with Gasteiger partial charge in [0.25, 0.3) is 5.69 Å². The molecule has 126 valence electrons. The average molecular weight is 336 g/mol. The molecule has 1 N–H and O–H groups in total. The third-order valence-electron chi connectivity index (χ3n) is 3.74. The zero-order valence-electron chi connectivity index (χ0n) is 13.5. The number of amides is 1. The molecule has 0 bridgehead atoms. The number of non-ortho nitro benzene ring substituents is 1. The van der Waals surface area contributed by atoms with Gasteiger partial charge in [-0.3, -0.25) is 14.9 Å². The van der Waals surface area contributed by atoms with Crippen LogP contribution in [0.1, 0.15) is 24.3 Å². The highest BCUT2D eigenvalue weighted by Gasteiger charge is 2.13. The van der Waals surface area contributed by atoms with Crippen molar-refractivity contribution in [2.75, 3.05) is 0 Å². The van der Waals surface area contributed by atoms with E-state index >= 15 is 0 Å². The number of nitro groups is 1. The molecule has 0 aliphatic rings. The number of nitrogens with zero attached hydrogens (tertiary/aromatic N) is 1. The van der Waals surface area contributed by atoms with Crippen LogP contribution in [0.25, 0.3) is 17.0 Å². The van der Waals surface area contributed by atoms with Crippen molar-refractivity contribution in [3.05, 3.63) is 82.1 Å². The normalized spacial score (nSPS) is 12.4. The van der Waals surface area contributed by atoms with Gasteiger partial charge in [0.15, 0.2) is 0 Å². The molecule has 3 rings (SSSR count). The number of para-hydroxylation sites is 1.